The maximum atomic E-state index is 5.01. The minimum Gasteiger partial charge on any atom is -0.656 e. The molecule has 3 aromatic heterocycles. The number of rotatable bonds is 2. The number of aromatic nitrogens is 4. The van der Waals surface area contributed by atoms with Crippen molar-refractivity contribution >= 4 is 78.2 Å². The molecule has 0 saturated heterocycles. The van der Waals surface area contributed by atoms with Gasteiger partial charge in [-0.05, 0) is 78.4 Å². The van der Waals surface area contributed by atoms with Crippen molar-refractivity contribution < 1.29 is 37.7 Å². The molecule has 8 bridgehead atoms. The predicted molar refractivity (Wildman–Crippen MR) is 163 cm³/mol. The summed E-state index contributed by atoms with van der Waals surface area (Å²) in [6.07, 6.45) is 8.13. The van der Waals surface area contributed by atoms with E-state index in [4.69, 9.17) is 19.9 Å². The molecule has 8 heteroatoms. The van der Waals surface area contributed by atoms with Crippen LogP contribution in [0.4, 0.5) is 0 Å². The average molecular weight is 632 g/mol. The zero-order valence-electron chi connectivity index (χ0n) is 21.9. The van der Waals surface area contributed by atoms with Crippen LogP contribution in [-0.2, 0) is 0 Å². The number of nitrogens with zero attached hydrogens (tertiary/aromatic N) is 4. The summed E-state index contributed by atoms with van der Waals surface area (Å²) in [6.45, 7) is 0. The molecule has 0 spiro atoms. The van der Waals surface area contributed by atoms with E-state index < -0.39 is 0 Å². The molecule has 0 unspecified atom stereocenters. The van der Waals surface area contributed by atoms with E-state index in [0.29, 0.717) is 0 Å². The summed E-state index contributed by atoms with van der Waals surface area (Å²) in [5, 5.41) is 0. The van der Waals surface area contributed by atoms with Crippen molar-refractivity contribution in [2.24, 2.45) is 0 Å². The Morgan fingerprint density at radius 1 is 0.425 bits per heavy atom. The molecule has 7 rings (SSSR count). The number of halogens is 2. The zero-order valence-corrected chi connectivity index (χ0v) is 25.1. The number of benzene rings is 2. The summed E-state index contributed by atoms with van der Waals surface area (Å²) in [5.74, 6) is 0. The molecule has 4 nitrogen and oxygen atoms in total. The molecule has 0 atom stereocenters. The monoisotopic (exact) mass is 630 g/mol. The van der Waals surface area contributed by atoms with E-state index in [2.05, 4.69) is 56.1 Å². The van der Waals surface area contributed by atoms with Crippen molar-refractivity contribution in [2.75, 3.05) is 0 Å². The molecular formula is C32H18Br2Li2N4. The molecule has 2 aromatic carbocycles. The second-order valence-corrected chi connectivity index (χ2v) is 10.6. The van der Waals surface area contributed by atoms with Crippen LogP contribution >= 0.6 is 31.9 Å². The zero-order chi connectivity index (χ0) is 25.6. The van der Waals surface area contributed by atoms with E-state index in [1.807, 2.05) is 85.0 Å². The van der Waals surface area contributed by atoms with Gasteiger partial charge in [-0.1, -0.05) is 84.9 Å². The van der Waals surface area contributed by atoms with Gasteiger partial charge in [-0.2, -0.15) is 0 Å². The Morgan fingerprint density at radius 2 is 0.775 bits per heavy atom. The fourth-order valence-corrected chi connectivity index (χ4v) is 5.70. The van der Waals surface area contributed by atoms with Gasteiger partial charge in [0, 0.05) is 8.95 Å². The molecule has 40 heavy (non-hydrogen) atoms. The Kier molecular flexibility index (Phi) is 8.59. The fraction of sp³-hybridized carbons (Fsp3) is 0. The third kappa shape index (κ3) is 5.17. The summed E-state index contributed by atoms with van der Waals surface area (Å²) < 4.78 is 1.68. The van der Waals surface area contributed by atoms with Gasteiger partial charge in [0.15, 0.2) is 0 Å². The quantitative estimate of drug-likeness (QED) is 0.276. The Balaban J connectivity index is 0.00000161. The summed E-state index contributed by atoms with van der Waals surface area (Å²) in [7, 11) is 0. The maximum absolute atomic E-state index is 5.01. The Bertz CT molecular complexity index is 1800. The maximum Gasteiger partial charge on any atom is 1.00 e. The van der Waals surface area contributed by atoms with E-state index >= 15 is 0 Å². The number of fused-ring (bicyclic) bond motifs is 8. The van der Waals surface area contributed by atoms with E-state index in [1.54, 1.807) is 0 Å². The smallest absolute Gasteiger partial charge is 0.656 e. The van der Waals surface area contributed by atoms with Crippen molar-refractivity contribution in [1.29, 1.82) is 0 Å². The average Bonchev–Trinajstić information content (AvgIpc) is 3.77. The van der Waals surface area contributed by atoms with Gasteiger partial charge in [0.2, 0.25) is 0 Å². The van der Waals surface area contributed by atoms with Crippen LogP contribution in [-0.4, -0.2) is 9.97 Å². The third-order valence-corrected chi connectivity index (χ3v) is 8.23. The molecule has 0 aliphatic carbocycles. The van der Waals surface area contributed by atoms with Gasteiger partial charge < -0.3 is 9.97 Å². The summed E-state index contributed by atoms with van der Waals surface area (Å²) in [6, 6.07) is 28.6. The van der Waals surface area contributed by atoms with Gasteiger partial charge in [0.25, 0.3) is 0 Å². The summed E-state index contributed by atoms with van der Waals surface area (Å²) in [5.41, 5.74) is 10.8. The third-order valence-electron chi connectivity index (χ3n) is 6.61. The largest absolute Gasteiger partial charge is 1.00 e. The van der Waals surface area contributed by atoms with Gasteiger partial charge >= 0.3 is 37.7 Å². The molecule has 0 radical (unpaired) electrons. The molecule has 2 aliphatic heterocycles. The standard InChI is InChI=1S/C32H18Br2N4.2Li/c33-31-25-15-11-21(35-25)29(19-7-3-1-4-8-19)22-12-16-26(36-22)32(34)28-18-14-24(38-28)30(20-9-5-2-6-10-20)23-13-17-27(31)37-23;;/h1-18H;;/q-2;2*+1. The van der Waals surface area contributed by atoms with Gasteiger partial charge in [-0.25, -0.2) is 9.97 Å². The van der Waals surface area contributed by atoms with E-state index in [0.717, 1.165) is 76.0 Å². The van der Waals surface area contributed by atoms with E-state index in [1.165, 1.54) is 0 Å². The van der Waals surface area contributed by atoms with E-state index in [9.17, 15) is 0 Å². The van der Waals surface area contributed by atoms with Crippen LogP contribution in [0.25, 0.3) is 68.6 Å². The molecule has 182 valence electrons. The Labute approximate surface area is 272 Å². The first-order valence-electron chi connectivity index (χ1n) is 12.1. The van der Waals surface area contributed by atoms with Crippen LogP contribution in [0, 0.1) is 0 Å². The van der Waals surface area contributed by atoms with Gasteiger partial charge in [0.1, 0.15) is 0 Å². The molecule has 5 heterocycles. The minimum absolute atomic E-state index is 0. The van der Waals surface area contributed by atoms with Crippen LogP contribution in [0.5, 0.6) is 0 Å². The van der Waals surface area contributed by atoms with Gasteiger partial charge in [0.05, 0.1) is 22.8 Å². The summed E-state index contributed by atoms with van der Waals surface area (Å²) >= 11 is 7.58. The second kappa shape index (κ2) is 12.0. The van der Waals surface area contributed by atoms with Crippen molar-refractivity contribution in [2.45, 2.75) is 0 Å². The number of hydrogen-bond acceptors (Lipinski definition) is 2. The molecule has 0 fully saturated rings. The van der Waals surface area contributed by atoms with E-state index in [-0.39, 0.29) is 37.7 Å². The van der Waals surface area contributed by atoms with Gasteiger partial charge in [-0.3, -0.25) is 0 Å². The normalized spacial score (nSPS) is 11.7. The Morgan fingerprint density at radius 3 is 1.18 bits per heavy atom. The molecule has 0 saturated carbocycles. The van der Waals surface area contributed by atoms with Crippen molar-refractivity contribution in [1.82, 2.24) is 19.9 Å². The number of hydrogen-bond donors (Lipinski definition) is 0. The topological polar surface area (TPSA) is 54.0 Å². The predicted octanol–water partition coefficient (Wildman–Crippen LogP) is 2.78. The first kappa shape index (κ1) is 28.7. The van der Waals surface area contributed by atoms with Crippen LogP contribution < -0.4 is 47.7 Å². The summed E-state index contributed by atoms with van der Waals surface area (Å²) in [4.78, 5) is 20.1. The van der Waals surface area contributed by atoms with Crippen molar-refractivity contribution in [3.05, 3.63) is 117 Å². The fourth-order valence-electron chi connectivity index (χ4n) is 4.82. The molecule has 0 N–H and O–H groups in total. The first-order chi connectivity index (χ1) is 18.7. The van der Waals surface area contributed by atoms with Crippen molar-refractivity contribution in [3.8, 4) is 22.3 Å². The molecular weight excluding hydrogens is 614 g/mol. The SMILES string of the molecule is Brc1c2nc(c(-c3ccccc3)c3ccc([n-]3)c(Br)c3nc(c(-c4ccccc4)c4ccc1[n-]4)C=C3)C=C2.[Li+].[Li+]. The van der Waals surface area contributed by atoms with Gasteiger partial charge in [-0.15, -0.1) is 22.1 Å². The van der Waals surface area contributed by atoms with Crippen LogP contribution in [0.3, 0.4) is 0 Å². The minimum atomic E-state index is 0. The van der Waals surface area contributed by atoms with Crippen LogP contribution in [0.15, 0.2) is 93.9 Å². The van der Waals surface area contributed by atoms with Crippen LogP contribution in [0.2, 0.25) is 0 Å². The second-order valence-electron chi connectivity index (χ2n) is 8.97. The molecule has 2 aliphatic rings. The first-order valence-corrected chi connectivity index (χ1v) is 13.7. The molecule has 0 amide bonds. The van der Waals surface area contributed by atoms with Crippen molar-refractivity contribution in [3.63, 3.8) is 0 Å². The molecule has 5 aromatic rings. The Hall–Kier alpha value is -2.81. The van der Waals surface area contributed by atoms with Crippen LogP contribution in [0.1, 0.15) is 22.8 Å².